The minimum atomic E-state index is 0.488. The maximum absolute atomic E-state index is 6.98. The van der Waals surface area contributed by atoms with E-state index in [1.807, 2.05) is 6.92 Å². The van der Waals surface area contributed by atoms with Gasteiger partial charge in [0.2, 0.25) is 0 Å². The highest BCUT2D eigenvalue weighted by molar-refractivity contribution is 7.14. The van der Waals surface area contributed by atoms with E-state index >= 15 is 0 Å². The first-order chi connectivity index (χ1) is 10.2. The van der Waals surface area contributed by atoms with E-state index in [2.05, 4.69) is 27.0 Å². The van der Waals surface area contributed by atoms with Crippen LogP contribution in [0.3, 0.4) is 0 Å². The molecule has 0 saturated carbocycles. The van der Waals surface area contributed by atoms with Crippen molar-refractivity contribution in [2.24, 2.45) is 0 Å². The van der Waals surface area contributed by atoms with Gasteiger partial charge in [0.05, 0.1) is 6.61 Å². The summed E-state index contributed by atoms with van der Waals surface area (Å²) in [6.45, 7) is 5.89. The molecule has 110 valence electrons. The fourth-order valence-corrected chi connectivity index (χ4v) is 3.70. The quantitative estimate of drug-likeness (QED) is 0.849. The number of aryl methyl sites for hydroxylation is 2. The van der Waals surface area contributed by atoms with Gasteiger partial charge in [0, 0.05) is 23.2 Å². The lowest BCUT2D eigenvalue weighted by Crippen LogP contribution is -2.08. The van der Waals surface area contributed by atoms with Crippen LogP contribution in [0.5, 0.6) is 0 Å². The molecule has 2 aromatic rings. The van der Waals surface area contributed by atoms with Gasteiger partial charge in [-0.15, -0.1) is 21.5 Å². The Kier molecular flexibility index (Phi) is 3.85. The summed E-state index contributed by atoms with van der Waals surface area (Å²) in [5.41, 5.74) is 2.46. The fourth-order valence-electron chi connectivity index (χ4n) is 2.46. The second-order valence-electron chi connectivity index (χ2n) is 4.82. The zero-order valence-corrected chi connectivity index (χ0v) is 12.8. The fraction of sp³-hybridized carbons (Fsp3) is 0.357. The van der Waals surface area contributed by atoms with Gasteiger partial charge in [0.25, 0.3) is 0 Å². The van der Waals surface area contributed by atoms with Crippen molar-refractivity contribution >= 4 is 17.6 Å². The van der Waals surface area contributed by atoms with Gasteiger partial charge in [0.15, 0.2) is 5.82 Å². The smallest absolute Gasteiger partial charge is 0.164 e. The lowest BCUT2D eigenvalue weighted by Gasteiger charge is -2.06. The summed E-state index contributed by atoms with van der Waals surface area (Å²) >= 11 is 1.75. The second kappa shape index (κ2) is 5.79. The predicted octanol–water partition coefficient (Wildman–Crippen LogP) is 2.23. The van der Waals surface area contributed by atoms with E-state index in [1.165, 1.54) is 22.2 Å². The summed E-state index contributed by atoms with van der Waals surface area (Å²) in [6.07, 6.45) is 4.70. The highest BCUT2D eigenvalue weighted by Crippen LogP contribution is 2.35. The molecule has 0 saturated heterocycles. The second-order valence-corrected chi connectivity index (χ2v) is 6.02. The largest absolute Gasteiger partial charge is 0.387 e. The van der Waals surface area contributed by atoms with Crippen LogP contribution in [0, 0.1) is 19.3 Å². The van der Waals surface area contributed by atoms with Gasteiger partial charge in [-0.2, -0.15) is 0 Å². The first kappa shape index (κ1) is 14.0. The Morgan fingerprint density at radius 3 is 3.05 bits per heavy atom. The van der Waals surface area contributed by atoms with Gasteiger partial charge in [-0.25, -0.2) is 0 Å². The van der Waals surface area contributed by atoms with Gasteiger partial charge in [0.1, 0.15) is 17.4 Å². The Balaban J connectivity index is 1.99. The highest BCUT2D eigenvalue weighted by Gasteiger charge is 2.24. The molecule has 0 aliphatic carbocycles. The van der Waals surface area contributed by atoms with Crippen molar-refractivity contribution in [1.82, 2.24) is 20.1 Å². The predicted molar refractivity (Wildman–Crippen MR) is 82.0 cm³/mol. The normalized spacial score (nSPS) is 13.8. The lowest BCUT2D eigenvalue weighted by atomic mass is 10.1. The molecule has 6 nitrogen and oxygen atoms in total. The molecule has 0 spiro atoms. The Morgan fingerprint density at radius 2 is 2.24 bits per heavy atom. The van der Waals surface area contributed by atoms with E-state index in [4.69, 9.17) is 10.1 Å². The third-order valence-corrected chi connectivity index (χ3v) is 4.63. The van der Waals surface area contributed by atoms with Gasteiger partial charge in [-0.05, 0) is 31.7 Å². The van der Waals surface area contributed by atoms with Gasteiger partial charge < -0.3 is 15.5 Å². The van der Waals surface area contributed by atoms with Gasteiger partial charge >= 0.3 is 0 Å². The van der Waals surface area contributed by atoms with Crippen molar-refractivity contribution in [3.05, 3.63) is 39.9 Å². The van der Waals surface area contributed by atoms with Crippen LogP contribution in [0.4, 0.5) is 0 Å². The number of rotatable bonds is 4. The van der Waals surface area contributed by atoms with Crippen LogP contribution in [0.25, 0.3) is 5.00 Å². The van der Waals surface area contributed by atoms with Crippen LogP contribution in [0.1, 0.15) is 27.7 Å². The molecule has 21 heavy (non-hydrogen) atoms. The van der Waals surface area contributed by atoms with E-state index in [0.717, 1.165) is 23.2 Å². The molecule has 3 rings (SSSR count). The van der Waals surface area contributed by atoms with Crippen LogP contribution in [0.2, 0.25) is 0 Å². The van der Waals surface area contributed by atoms with Gasteiger partial charge in [-0.3, -0.25) is 4.57 Å². The number of aromatic nitrogens is 3. The molecule has 0 unspecified atom stereocenters. The third-order valence-electron chi connectivity index (χ3n) is 3.46. The number of nitrogens with one attached hydrogen (secondary N) is 2. The average Bonchev–Trinajstić information content (AvgIpc) is 2.90. The monoisotopic (exact) mass is 303 g/mol. The number of hydrogen-bond donors (Lipinski definition) is 2. The molecule has 0 fully saturated rings. The average molecular weight is 303 g/mol. The number of hydrogen-bond acceptors (Lipinski definition) is 6. The Hall–Kier alpha value is -1.99. The Bertz CT molecular complexity index is 701. The van der Waals surface area contributed by atoms with E-state index < -0.39 is 0 Å². The van der Waals surface area contributed by atoms with E-state index in [-0.39, 0.29) is 0 Å². The van der Waals surface area contributed by atoms with Crippen LogP contribution in [-0.2, 0) is 24.5 Å². The molecule has 0 atom stereocenters. The molecule has 0 radical (unpaired) electrons. The maximum Gasteiger partial charge on any atom is 0.164 e. The molecule has 0 amide bonds. The molecule has 1 aliphatic heterocycles. The molecule has 7 heteroatoms. The van der Waals surface area contributed by atoms with Crippen molar-refractivity contribution in [1.29, 1.82) is 5.41 Å². The van der Waals surface area contributed by atoms with Gasteiger partial charge in [-0.1, -0.05) is 0 Å². The molecular weight excluding hydrogens is 286 g/mol. The minimum Gasteiger partial charge on any atom is -0.387 e. The van der Waals surface area contributed by atoms with E-state index in [0.29, 0.717) is 13.2 Å². The third kappa shape index (κ3) is 2.50. The molecule has 0 aromatic carbocycles. The lowest BCUT2D eigenvalue weighted by molar-refractivity contribution is 0.104. The zero-order chi connectivity index (χ0) is 14.8. The van der Waals surface area contributed by atoms with E-state index in [1.54, 1.807) is 23.6 Å². The molecular formula is C14H17N5OS. The standard InChI is InChI=1S/C14H17N5OS/c1-9-11(6-16-5-3-4-15)12-7-20-8-13-18-17-10(2)19(13)14(12)21-9/h3-5,15-16H,6-8H2,1-2H3/b5-3-,15-4?. The topological polar surface area (TPSA) is 75.8 Å². The maximum atomic E-state index is 6.98. The Morgan fingerprint density at radius 1 is 1.38 bits per heavy atom. The van der Waals surface area contributed by atoms with Crippen molar-refractivity contribution in [3.8, 4) is 5.00 Å². The van der Waals surface area contributed by atoms with Crippen molar-refractivity contribution in [2.75, 3.05) is 0 Å². The summed E-state index contributed by atoms with van der Waals surface area (Å²) in [7, 11) is 0. The summed E-state index contributed by atoms with van der Waals surface area (Å²) in [5.74, 6) is 1.75. The first-order valence-electron chi connectivity index (χ1n) is 6.71. The van der Waals surface area contributed by atoms with E-state index in [9.17, 15) is 0 Å². The summed E-state index contributed by atoms with van der Waals surface area (Å²) in [5, 5.41) is 19.7. The van der Waals surface area contributed by atoms with Crippen LogP contribution < -0.4 is 5.32 Å². The Labute approximate surface area is 127 Å². The molecule has 0 bridgehead atoms. The van der Waals surface area contributed by atoms with Crippen LogP contribution in [0.15, 0.2) is 12.3 Å². The SMILES string of the molecule is Cc1sc2c(c1CN/C=C\C=N)COCc1nnc(C)n1-2. The number of allylic oxidation sites excluding steroid dienone is 1. The minimum absolute atomic E-state index is 0.488. The number of thiophene rings is 1. The van der Waals surface area contributed by atoms with Crippen molar-refractivity contribution in [3.63, 3.8) is 0 Å². The number of nitrogens with zero attached hydrogens (tertiary/aromatic N) is 3. The van der Waals surface area contributed by atoms with Crippen LogP contribution >= 0.6 is 11.3 Å². The molecule has 3 heterocycles. The summed E-state index contributed by atoms with van der Waals surface area (Å²) in [4.78, 5) is 1.26. The van der Waals surface area contributed by atoms with Crippen molar-refractivity contribution in [2.45, 2.75) is 33.6 Å². The molecule has 1 aliphatic rings. The molecule has 2 N–H and O–H groups in total. The summed E-state index contributed by atoms with van der Waals surface area (Å²) in [6, 6.07) is 0. The highest BCUT2D eigenvalue weighted by atomic mass is 32.1. The van der Waals surface area contributed by atoms with Crippen molar-refractivity contribution < 1.29 is 4.74 Å². The number of ether oxygens (including phenoxy) is 1. The first-order valence-corrected chi connectivity index (χ1v) is 7.53. The summed E-state index contributed by atoms with van der Waals surface area (Å²) < 4.78 is 7.84. The zero-order valence-electron chi connectivity index (χ0n) is 12.0. The molecule has 2 aromatic heterocycles. The number of fused-ring (bicyclic) bond motifs is 3. The van der Waals surface area contributed by atoms with Crippen LogP contribution in [-0.4, -0.2) is 21.0 Å².